The highest BCUT2D eigenvalue weighted by molar-refractivity contribution is 6.05. The number of carbonyl (C=O) groups excluding carboxylic acids is 1. The van der Waals surface area contributed by atoms with Gasteiger partial charge in [-0.2, -0.15) is 4.99 Å². The minimum atomic E-state index is -0.351. The Morgan fingerprint density at radius 2 is 2.05 bits per heavy atom. The van der Waals surface area contributed by atoms with Gasteiger partial charge in [-0.25, -0.2) is 4.79 Å². The van der Waals surface area contributed by atoms with E-state index in [1.807, 2.05) is 4.90 Å². The van der Waals surface area contributed by atoms with Gasteiger partial charge in [0.1, 0.15) is 11.4 Å². The molecule has 21 heavy (non-hydrogen) atoms. The summed E-state index contributed by atoms with van der Waals surface area (Å²) in [6.45, 7) is 8.04. The fourth-order valence-corrected chi connectivity index (χ4v) is 3.77. The van der Waals surface area contributed by atoms with Crippen LogP contribution in [0.5, 0.6) is 0 Å². The number of amides is 2. The molecule has 1 aliphatic heterocycles. The van der Waals surface area contributed by atoms with E-state index < -0.39 is 0 Å². The first-order chi connectivity index (χ1) is 9.87. The first-order valence-electron chi connectivity index (χ1n) is 8.02. The summed E-state index contributed by atoms with van der Waals surface area (Å²) < 4.78 is 5.13. The van der Waals surface area contributed by atoms with E-state index in [-0.39, 0.29) is 11.6 Å². The van der Waals surface area contributed by atoms with E-state index >= 15 is 0 Å². The number of carbonyl (C=O) groups is 1. The van der Waals surface area contributed by atoms with Gasteiger partial charge in [-0.1, -0.05) is 27.2 Å². The van der Waals surface area contributed by atoms with Crippen molar-refractivity contribution in [2.24, 2.45) is 22.1 Å². The van der Waals surface area contributed by atoms with Crippen molar-refractivity contribution >= 4 is 11.9 Å². The van der Waals surface area contributed by atoms with Crippen LogP contribution in [0.1, 0.15) is 52.9 Å². The van der Waals surface area contributed by atoms with Crippen molar-refractivity contribution in [1.29, 1.82) is 0 Å². The van der Waals surface area contributed by atoms with Gasteiger partial charge in [0.2, 0.25) is 0 Å². The van der Waals surface area contributed by atoms with Gasteiger partial charge in [0.15, 0.2) is 0 Å². The van der Waals surface area contributed by atoms with Crippen LogP contribution >= 0.6 is 0 Å². The van der Waals surface area contributed by atoms with Crippen LogP contribution < -0.4 is 5.73 Å². The summed E-state index contributed by atoms with van der Waals surface area (Å²) in [7, 11) is 1.65. The van der Waals surface area contributed by atoms with Crippen molar-refractivity contribution < 1.29 is 9.53 Å². The SMILES string of the molecule is CCC(C)(C)C1CCC2(CC1)C(N)=NC(=O)N2CCOC. The van der Waals surface area contributed by atoms with E-state index in [0.717, 1.165) is 25.7 Å². The average Bonchev–Trinajstić information content (AvgIpc) is 2.68. The van der Waals surface area contributed by atoms with Crippen molar-refractivity contribution in [2.45, 2.75) is 58.4 Å². The van der Waals surface area contributed by atoms with E-state index in [1.54, 1.807) is 7.11 Å². The Labute approximate surface area is 127 Å². The number of urea groups is 1. The second kappa shape index (κ2) is 5.95. The van der Waals surface area contributed by atoms with Crippen molar-refractivity contribution in [3.05, 3.63) is 0 Å². The van der Waals surface area contributed by atoms with Crippen molar-refractivity contribution in [3.63, 3.8) is 0 Å². The van der Waals surface area contributed by atoms with E-state index in [2.05, 4.69) is 25.8 Å². The Morgan fingerprint density at radius 3 is 2.57 bits per heavy atom. The largest absolute Gasteiger partial charge is 0.385 e. The molecular weight excluding hydrogens is 266 g/mol. The molecule has 120 valence electrons. The minimum Gasteiger partial charge on any atom is -0.385 e. The van der Waals surface area contributed by atoms with Crippen LogP contribution in [-0.4, -0.2) is 42.6 Å². The maximum atomic E-state index is 12.1. The van der Waals surface area contributed by atoms with Crippen LogP contribution in [0.2, 0.25) is 0 Å². The standard InChI is InChI=1S/C16H29N3O2/c1-5-15(2,3)12-6-8-16(9-7-12)13(17)18-14(20)19(16)10-11-21-4/h12H,5-11H2,1-4H3,(H2,17,18,20). The zero-order valence-corrected chi connectivity index (χ0v) is 13.8. The fraction of sp³-hybridized carbons (Fsp3) is 0.875. The lowest BCUT2D eigenvalue weighted by Gasteiger charge is -2.46. The molecule has 0 bridgehead atoms. The minimum absolute atomic E-state index is 0.197. The van der Waals surface area contributed by atoms with Gasteiger partial charge in [-0.3, -0.25) is 0 Å². The molecule has 1 aliphatic carbocycles. The molecule has 0 radical (unpaired) electrons. The third-order valence-corrected chi connectivity index (χ3v) is 5.79. The maximum absolute atomic E-state index is 12.1. The van der Waals surface area contributed by atoms with Crippen LogP contribution in [0.3, 0.4) is 0 Å². The topological polar surface area (TPSA) is 67.9 Å². The number of methoxy groups -OCH3 is 1. The summed E-state index contributed by atoms with van der Waals surface area (Å²) in [5.41, 5.74) is 6.13. The molecule has 0 aromatic carbocycles. The number of nitrogens with zero attached hydrogens (tertiary/aromatic N) is 2. The zero-order chi connectivity index (χ0) is 15.7. The van der Waals surface area contributed by atoms with Crippen LogP contribution in [0, 0.1) is 11.3 Å². The van der Waals surface area contributed by atoms with Crippen LogP contribution in [0.25, 0.3) is 0 Å². The Bertz CT molecular complexity index is 423. The molecule has 2 aliphatic rings. The van der Waals surface area contributed by atoms with Crippen molar-refractivity contribution in [2.75, 3.05) is 20.3 Å². The van der Waals surface area contributed by atoms with Gasteiger partial charge in [0, 0.05) is 13.7 Å². The van der Waals surface area contributed by atoms with E-state index in [4.69, 9.17) is 10.5 Å². The number of hydrogen-bond acceptors (Lipinski definition) is 3. The number of ether oxygens (including phenoxy) is 1. The molecule has 0 unspecified atom stereocenters. The number of amidine groups is 1. The maximum Gasteiger partial charge on any atom is 0.346 e. The lowest BCUT2D eigenvalue weighted by atomic mass is 9.65. The summed E-state index contributed by atoms with van der Waals surface area (Å²) in [5.74, 6) is 1.21. The van der Waals surface area contributed by atoms with Gasteiger partial charge in [0.25, 0.3) is 0 Å². The molecule has 0 aromatic heterocycles. The number of nitrogens with two attached hydrogens (primary N) is 1. The molecule has 0 saturated heterocycles. The molecule has 1 heterocycles. The van der Waals surface area contributed by atoms with Crippen LogP contribution in [0.15, 0.2) is 4.99 Å². The number of hydrogen-bond donors (Lipinski definition) is 1. The van der Waals surface area contributed by atoms with Gasteiger partial charge in [-0.05, 0) is 37.0 Å². The molecule has 1 fully saturated rings. The highest BCUT2D eigenvalue weighted by Crippen LogP contribution is 2.46. The predicted molar refractivity (Wildman–Crippen MR) is 84.4 cm³/mol. The van der Waals surface area contributed by atoms with Gasteiger partial charge in [0.05, 0.1) is 6.61 Å². The summed E-state index contributed by atoms with van der Waals surface area (Å²) in [4.78, 5) is 18.0. The van der Waals surface area contributed by atoms with E-state index in [0.29, 0.717) is 30.3 Å². The van der Waals surface area contributed by atoms with Gasteiger partial charge >= 0.3 is 6.03 Å². The lowest BCUT2D eigenvalue weighted by Crippen LogP contribution is -2.57. The Balaban J connectivity index is 2.12. The first-order valence-corrected chi connectivity index (χ1v) is 8.02. The lowest BCUT2D eigenvalue weighted by molar-refractivity contribution is 0.0650. The average molecular weight is 295 g/mol. The first kappa shape index (κ1) is 16.3. The molecule has 0 atom stereocenters. The quantitative estimate of drug-likeness (QED) is 0.848. The predicted octanol–water partition coefficient (Wildman–Crippen LogP) is 2.79. The molecule has 2 rings (SSSR count). The molecule has 5 heteroatoms. The van der Waals surface area contributed by atoms with Crippen LogP contribution in [-0.2, 0) is 4.74 Å². The number of rotatable bonds is 5. The molecular formula is C16H29N3O2. The Kier molecular flexibility index (Phi) is 4.61. The third kappa shape index (κ3) is 2.80. The molecule has 1 saturated carbocycles. The molecule has 2 N–H and O–H groups in total. The third-order valence-electron chi connectivity index (χ3n) is 5.79. The van der Waals surface area contributed by atoms with E-state index in [9.17, 15) is 4.79 Å². The summed E-state index contributed by atoms with van der Waals surface area (Å²) in [5, 5.41) is 0. The van der Waals surface area contributed by atoms with E-state index in [1.165, 1.54) is 6.42 Å². The second-order valence-electron chi connectivity index (χ2n) is 7.07. The Morgan fingerprint density at radius 1 is 1.43 bits per heavy atom. The summed E-state index contributed by atoms with van der Waals surface area (Å²) in [6.07, 6.45) is 5.24. The second-order valence-corrected chi connectivity index (χ2v) is 7.07. The zero-order valence-electron chi connectivity index (χ0n) is 13.8. The summed E-state index contributed by atoms with van der Waals surface area (Å²) >= 11 is 0. The highest BCUT2D eigenvalue weighted by Gasteiger charge is 2.51. The normalized spacial score (nSPS) is 30.1. The Hall–Kier alpha value is -1.10. The van der Waals surface area contributed by atoms with Gasteiger partial charge < -0.3 is 15.4 Å². The summed E-state index contributed by atoms with van der Waals surface area (Å²) in [6, 6.07) is -0.197. The molecule has 0 aromatic rings. The molecule has 2 amide bonds. The van der Waals surface area contributed by atoms with Crippen molar-refractivity contribution in [1.82, 2.24) is 4.90 Å². The van der Waals surface area contributed by atoms with Crippen LogP contribution in [0.4, 0.5) is 4.79 Å². The molecule has 1 spiro atoms. The monoisotopic (exact) mass is 295 g/mol. The smallest absolute Gasteiger partial charge is 0.346 e. The fourth-order valence-electron chi connectivity index (χ4n) is 3.77. The van der Waals surface area contributed by atoms with Gasteiger partial charge in [-0.15, -0.1) is 0 Å². The molecule has 5 nitrogen and oxygen atoms in total. The number of aliphatic imine (C=N–C) groups is 1. The van der Waals surface area contributed by atoms with Crippen molar-refractivity contribution in [3.8, 4) is 0 Å². The highest BCUT2D eigenvalue weighted by atomic mass is 16.5.